The van der Waals surface area contributed by atoms with Crippen molar-refractivity contribution >= 4 is 21.6 Å². The number of sulfonamides is 1. The van der Waals surface area contributed by atoms with Gasteiger partial charge in [-0.2, -0.15) is 0 Å². The Morgan fingerprint density at radius 3 is 2.25 bits per heavy atom. The Bertz CT molecular complexity index is 867. The first-order chi connectivity index (χ1) is 13.2. The summed E-state index contributed by atoms with van der Waals surface area (Å²) in [6, 6.07) is 16.8. The molecule has 2 aromatic rings. The van der Waals surface area contributed by atoms with Gasteiger partial charge in [0.1, 0.15) is 5.75 Å². The number of anilines is 1. The van der Waals surface area contributed by atoms with Crippen LogP contribution in [0, 0.1) is 0 Å². The van der Waals surface area contributed by atoms with E-state index in [1.165, 1.54) is 16.9 Å². The molecule has 2 rings (SSSR count). The van der Waals surface area contributed by atoms with Crippen LogP contribution in [0.4, 0.5) is 5.69 Å². The summed E-state index contributed by atoms with van der Waals surface area (Å²) in [5.41, 5.74) is 1.77. The second-order valence-corrected chi connectivity index (χ2v) is 8.93. The maximum Gasteiger partial charge on any atom is 0.260 e. The highest BCUT2D eigenvalue weighted by molar-refractivity contribution is 7.92. The molecule has 28 heavy (non-hydrogen) atoms. The fourth-order valence-corrected chi connectivity index (χ4v) is 3.15. The number of carbonyl (C=O) groups excluding carboxylic acids is 1. The number of ether oxygens (including phenoxy) is 1. The van der Waals surface area contributed by atoms with Crippen LogP contribution in [0.5, 0.6) is 5.75 Å². The first kappa shape index (κ1) is 21.8. The lowest BCUT2D eigenvalue weighted by atomic mass is 10.1. The van der Waals surface area contributed by atoms with Crippen molar-refractivity contribution in [2.24, 2.45) is 0 Å². The van der Waals surface area contributed by atoms with E-state index in [9.17, 15) is 13.2 Å². The summed E-state index contributed by atoms with van der Waals surface area (Å²) in [5, 5.41) is 2.97. The van der Waals surface area contributed by atoms with Crippen molar-refractivity contribution in [2.45, 2.75) is 38.8 Å². The number of amides is 1. The van der Waals surface area contributed by atoms with Crippen molar-refractivity contribution in [1.29, 1.82) is 0 Å². The summed E-state index contributed by atoms with van der Waals surface area (Å²) in [6.07, 6.45) is 2.22. The van der Waals surface area contributed by atoms with Gasteiger partial charge in [-0.15, -0.1) is 0 Å². The quantitative estimate of drug-likeness (QED) is 0.697. The van der Waals surface area contributed by atoms with Gasteiger partial charge in [-0.05, 0) is 56.5 Å². The van der Waals surface area contributed by atoms with Gasteiger partial charge in [-0.3, -0.25) is 9.10 Å². The van der Waals surface area contributed by atoms with E-state index in [1.54, 1.807) is 31.2 Å². The lowest BCUT2D eigenvalue weighted by molar-refractivity contribution is -0.127. The number of carbonyl (C=O) groups is 1. The van der Waals surface area contributed by atoms with Crippen LogP contribution in [0.25, 0.3) is 0 Å². The number of hydrogen-bond acceptors (Lipinski definition) is 4. The summed E-state index contributed by atoms with van der Waals surface area (Å²) in [5.74, 6) is 0.322. The molecule has 0 aliphatic heterocycles. The third-order valence-corrected chi connectivity index (χ3v) is 5.68. The SMILES string of the molecule is C[C@@H](CCc1ccccc1)NC(=O)[C@@H](C)Oc1ccc(N(C)S(C)(=O)=O)cc1. The minimum Gasteiger partial charge on any atom is -0.481 e. The number of nitrogens with one attached hydrogen (secondary N) is 1. The highest BCUT2D eigenvalue weighted by atomic mass is 32.2. The van der Waals surface area contributed by atoms with Crippen LogP contribution in [0.1, 0.15) is 25.8 Å². The molecule has 0 saturated heterocycles. The summed E-state index contributed by atoms with van der Waals surface area (Å²) in [7, 11) is -1.83. The van der Waals surface area contributed by atoms with Gasteiger partial charge in [-0.1, -0.05) is 30.3 Å². The molecule has 0 bridgehead atoms. The van der Waals surface area contributed by atoms with Gasteiger partial charge in [0.05, 0.1) is 11.9 Å². The Hall–Kier alpha value is -2.54. The standard InChI is InChI=1S/C21H28N2O4S/c1-16(10-11-18-8-6-5-7-9-18)22-21(24)17(2)27-20-14-12-19(13-15-20)23(3)28(4,25)26/h5-9,12-17H,10-11H2,1-4H3,(H,22,24)/t16-,17+/m0/s1. The highest BCUT2D eigenvalue weighted by Crippen LogP contribution is 2.21. The molecule has 0 aliphatic rings. The first-order valence-electron chi connectivity index (χ1n) is 9.21. The average molecular weight is 405 g/mol. The van der Waals surface area contributed by atoms with Crippen LogP contribution < -0.4 is 14.4 Å². The zero-order valence-electron chi connectivity index (χ0n) is 16.8. The highest BCUT2D eigenvalue weighted by Gasteiger charge is 2.17. The molecule has 0 heterocycles. The van der Waals surface area contributed by atoms with Gasteiger partial charge >= 0.3 is 0 Å². The van der Waals surface area contributed by atoms with Gasteiger partial charge in [-0.25, -0.2) is 8.42 Å². The Morgan fingerprint density at radius 1 is 1.07 bits per heavy atom. The predicted molar refractivity (Wildman–Crippen MR) is 112 cm³/mol. The molecule has 152 valence electrons. The van der Waals surface area contributed by atoms with Crippen LogP contribution >= 0.6 is 0 Å². The first-order valence-corrected chi connectivity index (χ1v) is 11.1. The van der Waals surface area contributed by atoms with Crippen LogP contribution in [-0.2, 0) is 21.2 Å². The number of aryl methyl sites for hydroxylation is 1. The number of nitrogens with zero attached hydrogens (tertiary/aromatic N) is 1. The number of hydrogen-bond donors (Lipinski definition) is 1. The van der Waals surface area contributed by atoms with E-state index in [-0.39, 0.29) is 11.9 Å². The molecule has 2 atom stereocenters. The van der Waals surface area contributed by atoms with Crippen molar-refractivity contribution in [3.8, 4) is 5.75 Å². The summed E-state index contributed by atoms with van der Waals surface area (Å²) < 4.78 is 30.0. The van der Waals surface area contributed by atoms with E-state index in [2.05, 4.69) is 17.4 Å². The molecule has 0 fully saturated rings. The molecule has 0 aromatic heterocycles. The van der Waals surface area contributed by atoms with Crippen LogP contribution in [0.3, 0.4) is 0 Å². The molecule has 6 nitrogen and oxygen atoms in total. The predicted octanol–water partition coefficient (Wildman–Crippen LogP) is 2.99. The smallest absolute Gasteiger partial charge is 0.260 e. The molecule has 0 unspecified atom stereocenters. The molecular weight excluding hydrogens is 376 g/mol. The molecule has 2 aromatic carbocycles. The molecule has 7 heteroatoms. The van der Waals surface area contributed by atoms with Crippen LogP contribution in [0.2, 0.25) is 0 Å². The maximum atomic E-state index is 12.4. The fourth-order valence-electron chi connectivity index (χ4n) is 2.64. The molecule has 0 spiro atoms. The number of benzene rings is 2. The van der Waals surface area contributed by atoms with Crippen molar-refractivity contribution in [3.05, 3.63) is 60.2 Å². The fraction of sp³-hybridized carbons (Fsp3) is 0.381. The van der Waals surface area contributed by atoms with Crippen molar-refractivity contribution in [3.63, 3.8) is 0 Å². The zero-order chi connectivity index (χ0) is 20.7. The lowest BCUT2D eigenvalue weighted by Crippen LogP contribution is -2.41. The second-order valence-electron chi connectivity index (χ2n) is 6.92. The molecule has 0 radical (unpaired) electrons. The Kier molecular flexibility index (Phi) is 7.45. The minimum atomic E-state index is -3.32. The van der Waals surface area contributed by atoms with Crippen LogP contribution in [0.15, 0.2) is 54.6 Å². The van der Waals surface area contributed by atoms with Crippen molar-refractivity contribution < 1.29 is 17.9 Å². The zero-order valence-corrected chi connectivity index (χ0v) is 17.6. The van der Waals surface area contributed by atoms with E-state index in [4.69, 9.17) is 4.74 Å². The van der Waals surface area contributed by atoms with E-state index >= 15 is 0 Å². The van der Waals surface area contributed by atoms with Gasteiger partial charge in [0.2, 0.25) is 10.0 Å². The van der Waals surface area contributed by atoms with Gasteiger partial charge in [0.25, 0.3) is 5.91 Å². The molecule has 1 amide bonds. The van der Waals surface area contributed by atoms with E-state index in [0.717, 1.165) is 19.1 Å². The average Bonchev–Trinajstić information content (AvgIpc) is 2.66. The van der Waals surface area contributed by atoms with Crippen LogP contribution in [-0.4, -0.2) is 39.8 Å². The van der Waals surface area contributed by atoms with E-state index in [0.29, 0.717) is 11.4 Å². The molecule has 1 N–H and O–H groups in total. The third-order valence-electron chi connectivity index (χ3n) is 4.48. The minimum absolute atomic E-state index is 0.0320. The normalized spacial score (nSPS) is 13.4. The topological polar surface area (TPSA) is 75.7 Å². The Balaban J connectivity index is 1.84. The van der Waals surface area contributed by atoms with Gasteiger partial charge in [0, 0.05) is 13.1 Å². The summed E-state index contributed by atoms with van der Waals surface area (Å²) >= 11 is 0. The largest absolute Gasteiger partial charge is 0.481 e. The van der Waals surface area contributed by atoms with E-state index in [1.807, 2.05) is 25.1 Å². The van der Waals surface area contributed by atoms with E-state index < -0.39 is 16.1 Å². The third kappa shape index (κ3) is 6.56. The van der Waals surface area contributed by atoms with Gasteiger partial charge in [0.15, 0.2) is 6.10 Å². The molecular formula is C21H28N2O4S. The summed E-state index contributed by atoms with van der Waals surface area (Å²) in [4.78, 5) is 12.4. The van der Waals surface area contributed by atoms with Gasteiger partial charge < -0.3 is 10.1 Å². The van der Waals surface area contributed by atoms with Crippen molar-refractivity contribution in [1.82, 2.24) is 5.32 Å². The monoisotopic (exact) mass is 404 g/mol. The van der Waals surface area contributed by atoms with Crippen molar-refractivity contribution in [2.75, 3.05) is 17.6 Å². The second kappa shape index (κ2) is 9.59. The Morgan fingerprint density at radius 2 is 1.68 bits per heavy atom. The lowest BCUT2D eigenvalue weighted by Gasteiger charge is -2.20. The summed E-state index contributed by atoms with van der Waals surface area (Å²) in [6.45, 7) is 3.67. The Labute approximate surface area is 167 Å². The maximum absolute atomic E-state index is 12.4. The molecule has 0 saturated carbocycles. The molecule has 0 aliphatic carbocycles. The number of rotatable bonds is 9.